The van der Waals surface area contributed by atoms with Crippen LogP contribution >= 0.6 is 0 Å². The fraction of sp³-hybridized carbons (Fsp3) is 0.238. The van der Waals surface area contributed by atoms with Crippen molar-refractivity contribution in [3.05, 3.63) is 59.7 Å². The third kappa shape index (κ3) is 4.11. The number of benzene rings is 2. The second-order valence-electron chi connectivity index (χ2n) is 6.80. The van der Waals surface area contributed by atoms with Gasteiger partial charge in [0.05, 0.1) is 11.1 Å². The van der Waals surface area contributed by atoms with E-state index in [-0.39, 0.29) is 11.1 Å². The van der Waals surface area contributed by atoms with Crippen LogP contribution in [0.3, 0.4) is 0 Å². The molecule has 0 fully saturated rings. The summed E-state index contributed by atoms with van der Waals surface area (Å²) in [6.45, 7) is 0.865. The summed E-state index contributed by atoms with van der Waals surface area (Å²) in [4.78, 5) is 52.0. The van der Waals surface area contributed by atoms with Crippen LogP contribution in [0.25, 0.3) is 0 Å². The van der Waals surface area contributed by atoms with Crippen molar-refractivity contribution in [1.82, 2.24) is 4.90 Å². The minimum absolute atomic E-state index is 0.246. The van der Waals surface area contributed by atoms with Gasteiger partial charge in [-0.05, 0) is 43.3 Å². The van der Waals surface area contributed by atoms with Crippen LogP contribution in [0, 0.1) is 0 Å². The number of nitrogens with zero attached hydrogens (tertiary/aromatic N) is 2. The third-order valence-corrected chi connectivity index (χ3v) is 4.57. The second kappa shape index (κ2) is 8.14. The summed E-state index contributed by atoms with van der Waals surface area (Å²) >= 11 is 0. The van der Waals surface area contributed by atoms with Gasteiger partial charge in [-0.15, -0.1) is 0 Å². The summed E-state index contributed by atoms with van der Waals surface area (Å²) in [5.41, 5.74) is 2.03. The van der Waals surface area contributed by atoms with Crippen LogP contribution in [0.15, 0.2) is 48.5 Å². The summed E-state index contributed by atoms with van der Waals surface area (Å²) < 4.78 is 5.00. The number of fused-ring (bicyclic) bond motifs is 1. The Labute approximate surface area is 168 Å². The fourth-order valence-corrected chi connectivity index (χ4v) is 2.96. The Kier molecular flexibility index (Phi) is 5.63. The van der Waals surface area contributed by atoms with E-state index in [0.717, 1.165) is 10.6 Å². The van der Waals surface area contributed by atoms with Crippen molar-refractivity contribution in [3.63, 3.8) is 0 Å². The minimum Gasteiger partial charge on any atom is -0.454 e. The molecule has 8 heteroatoms. The van der Waals surface area contributed by atoms with E-state index in [4.69, 9.17) is 4.74 Å². The van der Waals surface area contributed by atoms with Crippen molar-refractivity contribution >= 4 is 35.1 Å². The molecule has 0 spiro atoms. The third-order valence-electron chi connectivity index (χ3n) is 4.57. The highest BCUT2D eigenvalue weighted by atomic mass is 16.5. The molecule has 1 N–H and O–H groups in total. The molecular weight excluding hydrogens is 374 g/mol. The Morgan fingerprint density at radius 1 is 1.00 bits per heavy atom. The number of ether oxygens (including phenoxy) is 1. The van der Waals surface area contributed by atoms with E-state index in [9.17, 15) is 19.2 Å². The molecule has 2 aromatic carbocycles. The largest absolute Gasteiger partial charge is 0.454 e. The number of hydrogen-bond acceptors (Lipinski definition) is 6. The standard InChI is InChI=1S/C21H21N3O5/c1-13(24-19(26)16-6-4-5-7-17(16)20(24)27)21(28)29-12-18(25)22-14-8-10-15(11-9-14)23(2)3/h4-11,13H,12H2,1-3H3,(H,22,25)/t13-/m0/s1. The smallest absolute Gasteiger partial charge is 0.329 e. The van der Waals surface area contributed by atoms with Gasteiger partial charge in [0.15, 0.2) is 6.61 Å². The first-order valence-electron chi connectivity index (χ1n) is 9.00. The molecule has 0 bridgehead atoms. The SMILES string of the molecule is C[C@@H](C(=O)OCC(=O)Nc1ccc(N(C)C)cc1)N1C(=O)c2ccccc2C1=O. The normalized spacial score (nSPS) is 13.7. The number of esters is 1. The second-order valence-corrected chi connectivity index (χ2v) is 6.80. The minimum atomic E-state index is -1.14. The molecule has 1 aliphatic heterocycles. The van der Waals surface area contributed by atoms with Crippen LogP contribution in [0.1, 0.15) is 27.6 Å². The van der Waals surface area contributed by atoms with Crippen molar-refractivity contribution in [2.45, 2.75) is 13.0 Å². The molecule has 150 valence electrons. The van der Waals surface area contributed by atoms with Crippen LogP contribution in [-0.2, 0) is 14.3 Å². The van der Waals surface area contributed by atoms with Gasteiger partial charge >= 0.3 is 5.97 Å². The highest BCUT2D eigenvalue weighted by molar-refractivity contribution is 6.22. The highest BCUT2D eigenvalue weighted by Gasteiger charge is 2.41. The lowest BCUT2D eigenvalue weighted by Gasteiger charge is -2.20. The lowest BCUT2D eigenvalue weighted by Crippen LogP contribution is -2.44. The zero-order valence-corrected chi connectivity index (χ0v) is 16.3. The van der Waals surface area contributed by atoms with Gasteiger partial charge in [0.2, 0.25) is 0 Å². The van der Waals surface area contributed by atoms with Gasteiger partial charge < -0.3 is 15.0 Å². The Hall–Kier alpha value is -3.68. The van der Waals surface area contributed by atoms with Crippen LogP contribution in [0.2, 0.25) is 0 Å². The molecule has 29 heavy (non-hydrogen) atoms. The number of nitrogens with one attached hydrogen (secondary N) is 1. The maximum atomic E-state index is 12.4. The first kappa shape index (κ1) is 20.1. The van der Waals surface area contributed by atoms with Crippen molar-refractivity contribution in [1.29, 1.82) is 0 Å². The molecule has 0 aliphatic carbocycles. The van der Waals surface area contributed by atoms with Crippen molar-refractivity contribution in [3.8, 4) is 0 Å². The number of hydrogen-bond donors (Lipinski definition) is 1. The highest BCUT2D eigenvalue weighted by Crippen LogP contribution is 2.24. The molecule has 3 amide bonds. The van der Waals surface area contributed by atoms with Gasteiger partial charge in [0.1, 0.15) is 6.04 Å². The molecule has 3 rings (SSSR count). The van der Waals surface area contributed by atoms with Gasteiger partial charge in [-0.1, -0.05) is 12.1 Å². The molecule has 0 radical (unpaired) electrons. The summed E-state index contributed by atoms with van der Waals surface area (Å²) in [5.74, 6) is -2.47. The Morgan fingerprint density at radius 3 is 2.07 bits per heavy atom. The number of carbonyl (C=O) groups excluding carboxylic acids is 4. The van der Waals surface area contributed by atoms with Gasteiger partial charge in [-0.3, -0.25) is 19.3 Å². The quantitative estimate of drug-likeness (QED) is 0.593. The van der Waals surface area contributed by atoms with Crippen LogP contribution in [0.5, 0.6) is 0 Å². The van der Waals surface area contributed by atoms with E-state index >= 15 is 0 Å². The van der Waals surface area contributed by atoms with E-state index in [2.05, 4.69) is 5.32 Å². The molecule has 1 atom stereocenters. The number of carbonyl (C=O) groups is 4. The van der Waals surface area contributed by atoms with E-state index < -0.39 is 36.3 Å². The van der Waals surface area contributed by atoms with Crippen molar-refractivity contribution in [2.24, 2.45) is 0 Å². The van der Waals surface area contributed by atoms with E-state index in [1.807, 2.05) is 31.1 Å². The molecule has 1 heterocycles. The molecule has 2 aromatic rings. The lowest BCUT2D eigenvalue weighted by atomic mass is 10.1. The number of anilines is 2. The van der Waals surface area contributed by atoms with Crippen molar-refractivity contribution in [2.75, 3.05) is 30.9 Å². The van der Waals surface area contributed by atoms with Gasteiger partial charge in [-0.25, -0.2) is 4.79 Å². The maximum Gasteiger partial charge on any atom is 0.329 e. The molecule has 1 aliphatic rings. The first-order chi connectivity index (χ1) is 13.8. The van der Waals surface area contributed by atoms with E-state index in [1.54, 1.807) is 24.3 Å². The molecule has 0 aromatic heterocycles. The van der Waals surface area contributed by atoms with Crippen molar-refractivity contribution < 1.29 is 23.9 Å². The number of rotatable bonds is 6. The first-order valence-corrected chi connectivity index (χ1v) is 9.00. The average molecular weight is 395 g/mol. The van der Waals surface area contributed by atoms with Crippen LogP contribution in [-0.4, -0.2) is 55.3 Å². The predicted molar refractivity (Wildman–Crippen MR) is 107 cm³/mol. The zero-order chi connectivity index (χ0) is 21.1. The average Bonchev–Trinajstić information content (AvgIpc) is 2.96. The number of imide groups is 1. The zero-order valence-electron chi connectivity index (χ0n) is 16.3. The van der Waals surface area contributed by atoms with E-state index in [0.29, 0.717) is 5.69 Å². The predicted octanol–water partition coefficient (Wildman–Crippen LogP) is 1.92. The molecule has 8 nitrogen and oxygen atoms in total. The summed E-state index contributed by atoms with van der Waals surface area (Å²) in [6, 6.07) is 12.4. The van der Waals surface area contributed by atoms with Gasteiger partial charge in [-0.2, -0.15) is 0 Å². The van der Waals surface area contributed by atoms with Gasteiger partial charge in [0, 0.05) is 25.5 Å². The summed E-state index contributed by atoms with van der Waals surface area (Å²) in [5, 5.41) is 2.62. The van der Waals surface area contributed by atoms with Crippen LogP contribution < -0.4 is 10.2 Å². The Bertz CT molecular complexity index is 934. The van der Waals surface area contributed by atoms with E-state index in [1.165, 1.54) is 19.1 Å². The molecule has 0 saturated carbocycles. The monoisotopic (exact) mass is 395 g/mol. The van der Waals surface area contributed by atoms with Gasteiger partial charge in [0.25, 0.3) is 17.7 Å². The lowest BCUT2D eigenvalue weighted by molar-refractivity contribution is -0.150. The molecule has 0 unspecified atom stereocenters. The Morgan fingerprint density at radius 2 is 1.55 bits per heavy atom. The fourth-order valence-electron chi connectivity index (χ4n) is 2.96. The topological polar surface area (TPSA) is 96.0 Å². The summed E-state index contributed by atoms with van der Waals surface area (Å²) in [6.07, 6.45) is 0. The molecular formula is C21H21N3O5. The maximum absolute atomic E-state index is 12.4. The Balaban J connectivity index is 1.56. The van der Waals surface area contributed by atoms with Crippen LogP contribution in [0.4, 0.5) is 11.4 Å². The summed E-state index contributed by atoms with van der Waals surface area (Å²) in [7, 11) is 3.81. The molecule has 0 saturated heterocycles. The number of amides is 3.